The molecule has 0 saturated heterocycles. The third-order valence-electron chi connectivity index (χ3n) is 4.51. The summed E-state index contributed by atoms with van der Waals surface area (Å²) < 4.78 is 28.3. The van der Waals surface area contributed by atoms with Gasteiger partial charge in [0.15, 0.2) is 0 Å². The molecule has 2 atom stereocenters. The smallest absolute Gasteiger partial charge is 0.242 e. The number of aromatic nitrogens is 2. The number of benzene rings is 2. The van der Waals surface area contributed by atoms with Gasteiger partial charge in [0.1, 0.15) is 0 Å². The molecule has 0 radical (unpaired) electrons. The first-order valence-corrected chi connectivity index (χ1v) is 11.6. The number of imidazole rings is 1. The predicted molar refractivity (Wildman–Crippen MR) is 126 cm³/mol. The van der Waals surface area contributed by atoms with Crippen LogP contribution in [-0.4, -0.2) is 36.4 Å². The summed E-state index contributed by atoms with van der Waals surface area (Å²) in [7, 11) is 7.00. The third-order valence-corrected chi connectivity index (χ3v) is 6.99. The second-order valence-electron chi connectivity index (χ2n) is 7.41. The summed E-state index contributed by atoms with van der Waals surface area (Å²) in [5.74, 6) is 0. The minimum absolute atomic E-state index is 0.134. The number of aryl methyl sites for hydroxylation is 1. The van der Waals surface area contributed by atoms with Crippen LogP contribution < -0.4 is 5.32 Å². The summed E-state index contributed by atoms with van der Waals surface area (Å²) in [6.07, 6.45) is 3.56. The largest absolute Gasteiger partial charge is 0.355 e. The molecule has 2 aromatic carbocycles. The molecule has 6 nitrogen and oxygen atoms in total. The second kappa shape index (κ2) is 8.16. The predicted octanol–water partition coefficient (Wildman–Crippen LogP) is 4.00. The molecule has 0 bridgehead atoms. The van der Waals surface area contributed by atoms with Crippen LogP contribution >= 0.6 is 18.5 Å². The summed E-state index contributed by atoms with van der Waals surface area (Å²) in [6.45, 7) is 2.10. The van der Waals surface area contributed by atoms with E-state index in [1.165, 1.54) is 18.4 Å². The Morgan fingerprint density at radius 3 is 2.45 bits per heavy atom. The van der Waals surface area contributed by atoms with Crippen molar-refractivity contribution in [3.8, 4) is 11.3 Å². The SMILES string of the molecule is CN(C)S(=O)(=O)c1ccc(Nc2cccc(C(C)(P)P)c2)c(-c2cn(C)cn2)c1. The Labute approximate surface area is 177 Å². The van der Waals surface area contributed by atoms with E-state index in [-0.39, 0.29) is 9.79 Å². The lowest BCUT2D eigenvalue weighted by Gasteiger charge is -2.20. The fourth-order valence-electron chi connectivity index (χ4n) is 2.85. The molecule has 0 saturated carbocycles. The first kappa shape index (κ1) is 21.9. The Kier molecular flexibility index (Phi) is 6.16. The second-order valence-corrected chi connectivity index (χ2v) is 12.6. The van der Waals surface area contributed by atoms with E-state index in [0.717, 1.165) is 22.5 Å². The maximum atomic E-state index is 12.6. The van der Waals surface area contributed by atoms with Crippen LogP contribution in [0.2, 0.25) is 0 Å². The Morgan fingerprint density at radius 2 is 1.86 bits per heavy atom. The number of hydrogen-bond donors (Lipinski definition) is 1. The molecule has 0 fully saturated rings. The molecular weight excluding hydrogens is 422 g/mol. The zero-order valence-electron chi connectivity index (χ0n) is 16.9. The highest BCUT2D eigenvalue weighted by molar-refractivity contribution is 7.89. The summed E-state index contributed by atoms with van der Waals surface area (Å²) in [5.41, 5.74) is 4.26. The summed E-state index contributed by atoms with van der Waals surface area (Å²) in [5, 5.41) is 3.42. The van der Waals surface area contributed by atoms with Gasteiger partial charge in [0, 0.05) is 49.2 Å². The maximum absolute atomic E-state index is 12.6. The highest BCUT2D eigenvalue weighted by atomic mass is 32.2. The summed E-state index contributed by atoms with van der Waals surface area (Å²) in [6, 6.07) is 13.2. The fraction of sp³-hybridized carbons (Fsp3) is 0.250. The van der Waals surface area contributed by atoms with Gasteiger partial charge in [0.25, 0.3) is 0 Å². The molecule has 3 rings (SSSR count). The van der Waals surface area contributed by atoms with Gasteiger partial charge in [0.05, 0.1) is 16.9 Å². The van der Waals surface area contributed by atoms with E-state index >= 15 is 0 Å². The molecule has 1 heterocycles. The van der Waals surface area contributed by atoms with Gasteiger partial charge in [-0.3, -0.25) is 0 Å². The third kappa shape index (κ3) is 4.87. The Balaban J connectivity index is 2.09. The zero-order chi connectivity index (χ0) is 21.4. The van der Waals surface area contributed by atoms with Crippen molar-refractivity contribution >= 4 is 39.9 Å². The molecule has 1 N–H and O–H groups in total. The van der Waals surface area contributed by atoms with Crippen LogP contribution in [0.3, 0.4) is 0 Å². The Morgan fingerprint density at radius 1 is 1.14 bits per heavy atom. The highest BCUT2D eigenvalue weighted by Gasteiger charge is 2.20. The van der Waals surface area contributed by atoms with Gasteiger partial charge in [-0.2, -0.15) is 0 Å². The monoisotopic (exact) mass is 448 g/mol. The Hall–Kier alpha value is -1.78. The molecule has 3 aromatic rings. The number of anilines is 2. The lowest BCUT2D eigenvalue weighted by Crippen LogP contribution is -2.22. The van der Waals surface area contributed by atoms with Gasteiger partial charge < -0.3 is 9.88 Å². The molecule has 1 aromatic heterocycles. The first-order chi connectivity index (χ1) is 13.5. The fourth-order valence-corrected chi connectivity index (χ4v) is 4.14. The molecule has 2 unspecified atom stereocenters. The van der Waals surface area contributed by atoms with Crippen molar-refractivity contribution in [2.24, 2.45) is 7.05 Å². The number of nitrogens with zero attached hydrogens (tertiary/aromatic N) is 3. The van der Waals surface area contributed by atoms with Crippen molar-refractivity contribution < 1.29 is 8.42 Å². The molecule has 0 aliphatic heterocycles. The Bertz CT molecular complexity index is 1140. The number of rotatable bonds is 6. The molecule has 29 heavy (non-hydrogen) atoms. The standard InChI is InChI=1S/C20H26N4O2P2S/c1-20(27,28)14-6-5-7-15(10-14)22-18-9-8-16(29(25,26)23(2)3)11-17(18)19-12-24(4)13-21-19/h5-13,22H,27-28H2,1-4H3. The minimum atomic E-state index is -3.55. The van der Waals surface area contributed by atoms with Gasteiger partial charge in [0.2, 0.25) is 10.0 Å². The first-order valence-electron chi connectivity index (χ1n) is 8.99. The lowest BCUT2D eigenvalue weighted by molar-refractivity contribution is 0.521. The van der Waals surface area contributed by atoms with Crippen LogP contribution in [0.15, 0.2) is 59.9 Å². The molecule has 0 spiro atoms. The molecule has 0 amide bonds. The molecular formula is C20H26N4O2P2S. The average molecular weight is 448 g/mol. The van der Waals surface area contributed by atoms with Crippen LogP contribution in [0.5, 0.6) is 0 Å². The van der Waals surface area contributed by atoms with Gasteiger partial charge in [-0.15, -0.1) is 18.5 Å². The maximum Gasteiger partial charge on any atom is 0.242 e. The molecule has 0 aliphatic rings. The zero-order valence-corrected chi connectivity index (χ0v) is 20.0. The van der Waals surface area contributed by atoms with E-state index in [9.17, 15) is 8.42 Å². The normalized spacial score (nSPS) is 12.4. The van der Waals surface area contributed by atoms with E-state index < -0.39 is 10.0 Å². The van der Waals surface area contributed by atoms with Gasteiger partial charge in [-0.1, -0.05) is 12.1 Å². The minimum Gasteiger partial charge on any atom is -0.355 e. The topological polar surface area (TPSA) is 67.2 Å². The molecule has 154 valence electrons. The van der Waals surface area contributed by atoms with Crippen LogP contribution in [0.4, 0.5) is 11.4 Å². The van der Waals surface area contributed by atoms with Crippen LogP contribution in [0.25, 0.3) is 11.3 Å². The van der Waals surface area contributed by atoms with Crippen LogP contribution in [-0.2, 0) is 22.0 Å². The van der Waals surface area contributed by atoms with Crippen LogP contribution in [0, 0.1) is 0 Å². The van der Waals surface area contributed by atoms with Crippen molar-refractivity contribution in [1.82, 2.24) is 13.9 Å². The van der Waals surface area contributed by atoms with E-state index in [1.54, 1.807) is 24.5 Å². The summed E-state index contributed by atoms with van der Waals surface area (Å²) >= 11 is 0. The number of hydrogen-bond acceptors (Lipinski definition) is 4. The summed E-state index contributed by atoms with van der Waals surface area (Å²) in [4.78, 5) is 4.51. The van der Waals surface area contributed by atoms with E-state index in [1.807, 2.05) is 29.9 Å². The van der Waals surface area contributed by atoms with Gasteiger partial charge in [-0.25, -0.2) is 17.7 Å². The van der Waals surface area contributed by atoms with Crippen molar-refractivity contribution in [1.29, 1.82) is 0 Å². The van der Waals surface area contributed by atoms with E-state index in [4.69, 9.17) is 0 Å². The average Bonchev–Trinajstić information content (AvgIpc) is 3.07. The van der Waals surface area contributed by atoms with Crippen molar-refractivity contribution in [3.63, 3.8) is 0 Å². The quantitative estimate of drug-likeness (QED) is 0.579. The van der Waals surface area contributed by atoms with Crippen molar-refractivity contribution in [2.75, 3.05) is 19.4 Å². The van der Waals surface area contributed by atoms with Crippen molar-refractivity contribution in [3.05, 3.63) is 60.6 Å². The van der Waals surface area contributed by atoms with E-state index in [2.05, 4.69) is 47.8 Å². The lowest BCUT2D eigenvalue weighted by atomic mass is 10.1. The number of nitrogens with one attached hydrogen (secondary N) is 1. The van der Waals surface area contributed by atoms with Gasteiger partial charge in [-0.05, 0) is 42.8 Å². The highest BCUT2D eigenvalue weighted by Crippen LogP contribution is 2.39. The van der Waals surface area contributed by atoms with Gasteiger partial charge >= 0.3 is 0 Å². The van der Waals surface area contributed by atoms with E-state index in [0.29, 0.717) is 5.69 Å². The molecule has 0 aliphatic carbocycles. The number of sulfonamides is 1. The van der Waals surface area contributed by atoms with Crippen molar-refractivity contribution in [2.45, 2.75) is 16.7 Å². The molecule has 9 heteroatoms. The van der Waals surface area contributed by atoms with Crippen LogP contribution in [0.1, 0.15) is 12.5 Å².